The molecule has 4 rings (SSSR count). The monoisotopic (exact) mass is 352 g/mol. The van der Waals surface area contributed by atoms with Gasteiger partial charge in [-0.25, -0.2) is 14.5 Å². The first kappa shape index (κ1) is 16.2. The molecule has 1 aliphatic heterocycles. The van der Waals surface area contributed by atoms with Crippen LogP contribution in [0.2, 0.25) is 0 Å². The van der Waals surface area contributed by atoms with Crippen LogP contribution < -0.4 is 5.32 Å². The van der Waals surface area contributed by atoms with Crippen LogP contribution in [-0.2, 0) is 6.54 Å². The summed E-state index contributed by atoms with van der Waals surface area (Å²) >= 11 is 0. The average Bonchev–Trinajstić information content (AvgIpc) is 3.37. The summed E-state index contributed by atoms with van der Waals surface area (Å²) in [5.41, 5.74) is 1.66. The molecular weight excluding hydrogens is 332 g/mol. The lowest BCUT2D eigenvalue weighted by molar-refractivity contribution is 0.175. The summed E-state index contributed by atoms with van der Waals surface area (Å²) in [6.07, 6.45) is 8.63. The summed E-state index contributed by atoms with van der Waals surface area (Å²) < 4.78 is 3.53. The van der Waals surface area contributed by atoms with Gasteiger partial charge in [0.05, 0.1) is 18.1 Å². The number of amides is 2. The van der Waals surface area contributed by atoms with Gasteiger partial charge in [0.25, 0.3) is 0 Å². The molecule has 3 heterocycles. The van der Waals surface area contributed by atoms with Crippen molar-refractivity contribution in [2.75, 3.05) is 18.4 Å². The Morgan fingerprint density at radius 1 is 1.19 bits per heavy atom. The van der Waals surface area contributed by atoms with Gasteiger partial charge in [0, 0.05) is 25.3 Å². The third kappa shape index (κ3) is 3.71. The maximum Gasteiger partial charge on any atom is 0.321 e. The molecule has 1 saturated heterocycles. The van der Waals surface area contributed by atoms with Gasteiger partial charge in [-0.15, -0.1) is 5.10 Å². The van der Waals surface area contributed by atoms with E-state index in [1.165, 1.54) is 0 Å². The van der Waals surface area contributed by atoms with Gasteiger partial charge in [-0.05, 0) is 43.0 Å². The molecule has 26 heavy (non-hydrogen) atoms. The van der Waals surface area contributed by atoms with Crippen molar-refractivity contribution in [3.05, 3.63) is 49.3 Å². The van der Waals surface area contributed by atoms with Crippen LogP contribution in [-0.4, -0.2) is 53.8 Å². The van der Waals surface area contributed by atoms with E-state index in [9.17, 15) is 4.79 Å². The van der Waals surface area contributed by atoms with E-state index in [1.807, 2.05) is 33.8 Å². The maximum atomic E-state index is 12.5. The zero-order valence-electron chi connectivity index (χ0n) is 14.3. The van der Waals surface area contributed by atoms with Gasteiger partial charge in [0.1, 0.15) is 12.7 Å². The summed E-state index contributed by atoms with van der Waals surface area (Å²) in [4.78, 5) is 18.3. The highest BCUT2D eigenvalue weighted by Gasteiger charge is 2.23. The number of likely N-dealkylation sites (tertiary alicyclic amines) is 1. The van der Waals surface area contributed by atoms with Crippen molar-refractivity contribution >= 4 is 11.7 Å². The lowest BCUT2D eigenvalue weighted by Crippen LogP contribution is -2.41. The number of nitrogens with one attached hydrogen (secondary N) is 1. The number of piperidine rings is 1. The Morgan fingerprint density at radius 2 is 2.00 bits per heavy atom. The summed E-state index contributed by atoms with van der Waals surface area (Å²) in [5.74, 6) is 0.530. The van der Waals surface area contributed by atoms with Crippen LogP contribution in [0.4, 0.5) is 10.5 Å². The van der Waals surface area contributed by atoms with Crippen molar-refractivity contribution in [3.8, 4) is 5.69 Å². The Morgan fingerprint density at radius 3 is 2.65 bits per heavy atom. The number of nitrogens with zero attached hydrogens (tertiary/aromatic N) is 7. The number of hydrogen-bond donors (Lipinski definition) is 1. The largest absolute Gasteiger partial charge is 0.325 e. The number of benzene rings is 1. The fraction of sp³-hybridized carbons (Fsp3) is 0.353. The molecule has 0 spiro atoms. The molecule has 0 atom stereocenters. The minimum atomic E-state index is -0.0577. The van der Waals surface area contributed by atoms with Crippen molar-refractivity contribution in [3.63, 3.8) is 0 Å². The van der Waals surface area contributed by atoms with Crippen molar-refractivity contribution < 1.29 is 4.79 Å². The molecule has 0 radical (unpaired) electrons. The van der Waals surface area contributed by atoms with Gasteiger partial charge >= 0.3 is 6.03 Å². The predicted molar refractivity (Wildman–Crippen MR) is 94.7 cm³/mol. The van der Waals surface area contributed by atoms with Crippen LogP contribution in [0.3, 0.4) is 0 Å². The molecule has 0 unspecified atom stereocenters. The molecule has 134 valence electrons. The number of hydrogen-bond acceptors (Lipinski definition) is 5. The molecule has 2 amide bonds. The quantitative estimate of drug-likeness (QED) is 0.773. The van der Waals surface area contributed by atoms with Gasteiger partial charge in [0.2, 0.25) is 0 Å². The maximum absolute atomic E-state index is 12.5. The summed E-state index contributed by atoms with van der Waals surface area (Å²) in [6, 6.07) is 7.47. The highest BCUT2D eigenvalue weighted by Crippen LogP contribution is 2.20. The van der Waals surface area contributed by atoms with Crippen molar-refractivity contribution in [2.45, 2.75) is 19.4 Å². The second-order valence-electron chi connectivity index (χ2n) is 6.37. The van der Waals surface area contributed by atoms with E-state index < -0.39 is 0 Å². The van der Waals surface area contributed by atoms with Crippen LogP contribution in [0.1, 0.15) is 12.8 Å². The second-order valence-corrected chi connectivity index (χ2v) is 6.37. The zero-order valence-corrected chi connectivity index (χ0v) is 14.3. The van der Waals surface area contributed by atoms with Gasteiger partial charge in [-0.3, -0.25) is 4.68 Å². The van der Waals surface area contributed by atoms with E-state index in [0.717, 1.165) is 43.9 Å². The molecular formula is C17H20N8O. The van der Waals surface area contributed by atoms with Crippen molar-refractivity contribution in [2.24, 2.45) is 5.92 Å². The smallest absolute Gasteiger partial charge is 0.321 e. The molecule has 1 aromatic carbocycles. The second kappa shape index (κ2) is 7.34. The Hall–Kier alpha value is -3.23. The number of anilines is 1. The molecule has 1 aliphatic rings. The third-order valence-electron chi connectivity index (χ3n) is 4.62. The Kier molecular flexibility index (Phi) is 4.59. The highest BCUT2D eigenvalue weighted by atomic mass is 16.2. The normalized spacial score (nSPS) is 15.2. The van der Waals surface area contributed by atoms with Crippen molar-refractivity contribution in [1.29, 1.82) is 0 Å². The van der Waals surface area contributed by atoms with Crippen LogP contribution in [0, 0.1) is 5.92 Å². The first-order chi connectivity index (χ1) is 12.8. The van der Waals surface area contributed by atoms with Gasteiger partial charge in [-0.1, -0.05) is 5.21 Å². The number of rotatable bonds is 4. The fourth-order valence-corrected chi connectivity index (χ4v) is 3.16. The minimum Gasteiger partial charge on any atom is -0.325 e. The van der Waals surface area contributed by atoms with Crippen LogP contribution in [0.25, 0.3) is 5.69 Å². The lowest BCUT2D eigenvalue weighted by Gasteiger charge is -2.31. The number of urea groups is 1. The molecule has 0 aliphatic carbocycles. The van der Waals surface area contributed by atoms with E-state index in [-0.39, 0.29) is 6.03 Å². The van der Waals surface area contributed by atoms with Crippen molar-refractivity contribution in [1.82, 2.24) is 34.7 Å². The molecule has 0 bridgehead atoms. The number of aromatic nitrogens is 6. The van der Waals surface area contributed by atoms with Crippen LogP contribution >= 0.6 is 0 Å². The summed E-state index contributed by atoms with van der Waals surface area (Å²) in [6.45, 7) is 2.36. The molecule has 9 nitrogen and oxygen atoms in total. The average molecular weight is 352 g/mol. The zero-order chi connectivity index (χ0) is 17.8. The Bertz CT molecular complexity index is 820. The van der Waals surface area contributed by atoms with Crippen LogP contribution in [0.15, 0.2) is 49.3 Å². The first-order valence-corrected chi connectivity index (χ1v) is 8.63. The fourth-order valence-electron chi connectivity index (χ4n) is 3.16. The molecule has 1 N–H and O–H groups in total. The van der Waals surface area contributed by atoms with Crippen LogP contribution in [0.5, 0.6) is 0 Å². The topological polar surface area (TPSA) is 93.8 Å². The lowest BCUT2D eigenvalue weighted by atomic mass is 9.97. The standard InChI is InChI=1S/C17H20N8O/c26-17(21-15-1-3-16(4-2-15)25-10-7-19-22-25)23-8-5-14(6-9-23)11-24-13-18-12-20-24/h1-4,7,10,12-14H,5-6,8-9,11H2,(H,21,26). The molecule has 3 aromatic rings. The summed E-state index contributed by atoms with van der Waals surface area (Å²) in [7, 11) is 0. The van der Waals surface area contributed by atoms with Gasteiger partial charge < -0.3 is 10.2 Å². The highest BCUT2D eigenvalue weighted by molar-refractivity contribution is 5.89. The third-order valence-corrected chi connectivity index (χ3v) is 4.62. The molecule has 9 heteroatoms. The number of carbonyl (C=O) groups excluding carboxylic acids is 1. The summed E-state index contributed by atoms with van der Waals surface area (Å²) in [5, 5.41) is 14.8. The minimum absolute atomic E-state index is 0.0577. The van der Waals surface area contributed by atoms with Gasteiger partial charge in [0.15, 0.2) is 0 Å². The van der Waals surface area contributed by atoms with E-state index in [2.05, 4.69) is 25.7 Å². The Balaban J connectivity index is 1.28. The first-order valence-electron chi connectivity index (χ1n) is 8.63. The van der Waals surface area contributed by atoms with E-state index in [1.54, 1.807) is 29.7 Å². The predicted octanol–water partition coefficient (Wildman–Crippen LogP) is 1.80. The molecule has 0 saturated carbocycles. The Labute approximate surface area is 150 Å². The van der Waals surface area contributed by atoms with E-state index >= 15 is 0 Å². The SMILES string of the molecule is O=C(Nc1ccc(-n2ccnn2)cc1)N1CCC(Cn2cncn2)CC1. The van der Waals surface area contributed by atoms with E-state index in [0.29, 0.717) is 5.92 Å². The van der Waals surface area contributed by atoms with E-state index in [4.69, 9.17) is 0 Å². The number of carbonyl (C=O) groups is 1. The molecule has 1 fully saturated rings. The molecule has 2 aromatic heterocycles. The van der Waals surface area contributed by atoms with Gasteiger partial charge in [-0.2, -0.15) is 5.10 Å².